The van der Waals surface area contributed by atoms with Gasteiger partial charge in [-0.25, -0.2) is 4.39 Å². The molecule has 1 aromatic carbocycles. The molecule has 0 spiro atoms. The molecule has 0 saturated carbocycles. The average Bonchev–Trinajstić information content (AvgIpc) is 2.27. The molecule has 0 saturated heterocycles. The summed E-state index contributed by atoms with van der Waals surface area (Å²) in [4.78, 5) is 0. The predicted octanol–water partition coefficient (Wildman–Crippen LogP) is 2.86. The topological polar surface area (TPSA) is 24.1 Å². The van der Waals surface area contributed by atoms with Crippen molar-refractivity contribution in [1.29, 1.82) is 0 Å². The van der Waals surface area contributed by atoms with Gasteiger partial charge < -0.3 is 10.6 Å². The lowest BCUT2D eigenvalue weighted by Crippen LogP contribution is -2.37. The Hall–Kier alpha value is -0.930. The molecule has 0 amide bonds. The van der Waals surface area contributed by atoms with Gasteiger partial charge in [-0.2, -0.15) is 0 Å². The molecule has 1 unspecified atom stereocenters. The molecule has 18 heavy (non-hydrogen) atoms. The number of rotatable bonds is 7. The van der Waals surface area contributed by atoms with E-state index in [1.54, 1.807) is 6.07 Å². The predicted molar refractivity (Wildman–Crippen MR) is 75.1 cm³/mol. The Morgan fingerprint density at radius 2 is 1.89 bits per heavy atom. The average molecular weight is 252 g/mol. The third-order valence-electron chi connectivity index (χ3n) is 2.95. The van der Waals surface area contributed by atoms with Crippen LogP contribution in [0, 0.1) is 18.7 Å². The molecule has 102 valence electrons. The molecule has 0 heterocycles. The van der Waals surface area contributed by atoms with Gasteiger partial charge in [0.05, 0.1) is 0 Å². The van der Waals surface area contributed by atoms with Crippen molar-refractivity contribution in [2.45, 2.75) is 40.3 Å². The van der Waals surface area contributed by atoms with E-state index in [9.17, 15) is 4.39 Å². The zero-order chi connectivity index (χ0) is 13.5. The first kappa shape index (κ1) is 15.1. The highest BCUT2D eigenvalue weighted by Gasteiger charge is 2.04. The van der Waals surface area contributed by atoms with Gasteiger partial charge in [0.15, 0.2) is 0 Å². The van der Waals surface area contributed by atoms with Gasteiger partial charge in [-0.3, -0.25) is 0 Å². The Kier molecular flexibility index (Phi) is 6.30. The molecule has 1 aromatic rings. The largest absolute Gasteiger partial charge is 0.315 e. The fourth-order valence-corrected chi connectivity index (χ4v) is 1.80. The van der Waals surface area contributed by atoms with Gasteiger partial charge in [0.2, 0.25) is 0 Å². The summed E-state index contributed by atoms with van der Waals surface area (Å²) in [7, 11) is 0. The molecular weight excluding hydrogens is 227 g/mol. The highest BCUT2D eigenvalue weighted by molar-refractivity contribution is 5.26. The van der Waals surface area contributed by atoms with Crippen LogP contribution in [0.25, 0.3) is 0 Å². The van der Waals surface area contributed by atoms with Gasteiger partial charge in [0.1, 0.15) is 5.82 Å². The third kappa shape index (κ3) is 5.61. The number of hydrogen-bond acceptors (Lipinski definition) is 2. The molecule has 0 bridgehead atoms. The van der Waals surface area contributed by atoms with Gasteiger partial charge in [-0.1, -0.05) is 19.9 Å². The molecule has 0 aromatic heterocycles. The second-order valence-electron chi connectivity index (χ2n) is 5.40. The quantitative estimate of drug-likeness (QED) is 0.779. The molecule has 1 rings (SSSR count). The van der Waals surface area contributed by atoms with Crippen LogP contribution in [-0.2, 0) is 6.54 Å². The summed E-state index contributed by atoms with van der Waals surface area (Å²) in [6.45, 7) is 11.3. The van der Waals surface area contributed by atoms with Crippen molar-refractivity contribution in [3.63, 3.8) is 0 Å². The van der Waals surface area contributed by atoms with Crippen molar-refractivity contribution in [1.82, 2.24) is 10.6 Å². The van der Waals surface area contributed by atoms with E-state index < -0.39 is 0 Å². The van der Waals surface area contributed by atoms with Crippen LogP contribution in [0.1, 0.15) is 31.9 Å². The maximum atomic E-state index is 13.0. The van der Waals surface area contributed by atoms with E-state index in [2.05, 4.69) is 31.4 Å². The van der Waals surface area contributed by atoms with Crippen LogP contribution in [0.5, 0.6) is 0 Å². The first-order valence-electron chi connectivity index (χ1n) is 6.68. The Balaban J connectivity index is 2.31. The highest BCUT2D eigenvalue weighted by atomic mass is 19.1. The fourth-order valence-electron chi connectivity index (χ4n) is 1.80. The van der Waals surface area contributed by atoms with E-state index in [0.29, 0.717) is 12.0 Å². The SMILES string of the molecule is Cc1cc(F)ccc1CNC(C)CNCC(C)C. The second kappa shape index (κ2) is 7.49. The van der Waals surface area contributed by atoms with E-state index in [0.717, 1.165) is 30.8 Å². The Morgan fingerprint density at radius 3 is 2.50 bits per heavy atom. The van der Waals surface area contributed by atoms with Crippen LogP contribution in [0.2, 0.25) is 0 Å². The minimum absolute atomic E-state index is 0.164. The monoisotopic (exact) mass is 252 g/mol. The molecule has 3 heteroatoms. The lowest BCUT2D eigenvalue weighted by Gasteiger charge is -2.16. The van der Waals surface area contributed by atoms with Crippen LogP contribution in [-0.4, -0.2) is 19.1 Å². The Labute approximate surface area is 110 Å². The zero-order valence-electron chi connectivity index (χ0n) is 11.9. The van der Waals surface area contributed by atoms with Crippen molar-refractivity contribution >= 4 is 0 Å². The molecular formula is C15H25FN2. The van der Waals surface area contributed by atoms with Gasteiger partial charge in [-0.05, 0) is 49.6 Å². The molecule has 2 N–H and O–H groups in total. The summed E-state index contributed by atoms with van der Waals surface area (Å²) >= 11 is 0. The lowest BCUT2D eigenvalue weighted by atomic mass is 10.1. The van der Waals surface area contributed by atoms with Crippen molar-refractivity contribution < 1.29 is 4.39 Å². The summed E-state index contributed by atoms with van der Waals surface area (Å²) in [6, 6.07) is 5.37. The van der Waals surface area contributed by atoms with Crippen LogP contribution in [0.3, 0.4) is 0 Å². The fraction of sp³-hybridized carbons (Fsp3) is 0.600. The maximum Gasteiger partial charge on any atom is 0.123 e. The number of benzene rings is 1. The van der Waals surface area contributed by atoms with E-state index in [-0.39, 0.29) is 5.82 Å². The minimum atomic E-state index is -0.164. The molecule has 1 atom stereocenters. The summed E-state index contributed by atoms with van der Waals surface area (Å²) < 4.78 is 13.0. The number of nitrogens with one attached hydrogen (secondary N) is 2. The molecule has 0 radical (unpaired) electrons. The van der Waals surface area contributed by atoms with E-state index >= 15 is 0 Å². The van der Waals surface area contributed by atoms with Gasteiger partial charge >= 0.3 is 0 Å². The van der Waals surface area contributed by atoms with Gasteiger partial charge in [0.25, 0.3) is 0 Å². The number of hydrogen-bond donors (Lipinski definition) is 2. The summed E-state index contributed by atoms with van der Waals surface area (Å²) in [5.74, 6) is 0.513. The van der Waals surface area contributed by atoms with Crippen LogP contribution >= 0.6 is 0 Å². The summed E-state index contributed by atoms with van der Waals surface area (Å²) in [5, 5.41) is 6.87. The minimum Gasteiger partial charge on any atom is -0.315 e. The normalized spacial score (nSPS) is 13.0. The van der Waals surface area contributed by atoms with Crippen molar-refractivity contribution in [2.24, 2.45) is 5.92 Å². The van der Waals surface area contributed by atoms with Crippen LogP contribution in [0.4, 0.5) is 4.39 Å². The second-order valence-corrected chi connectivity index (χ2v) is 5.40. The molecule has 0 fully saturated rings. The van der Waals surface area contributed by atoms with E-state index in [4.69, 9.17) is 0 Å². The van der Waals surface area contributed by atoms with Crippen LogP contribution in [0.15, 0.2) is 18.2 Å². The van der Waals surface area contributed by atoms with Crippen LogP contribution < -0.4 is 10.6 Å². The highest BCUT2D eigenvalue weighted by Crippen LogP contribution is 2.09. The lowest BCUT2D eigenvalue weighted by molar-refractivity contribution is 0.471. The van der Waals surface area contributed by atoms with Crippen molar-refractivity contribution in [2.75, 3.05) is 13.1 Å². The first-order chi connectivity index (χ1) is 8.49. The maximum absolute atomic E-state index is 13.0. The zero-order valence-corrected chi connectivity index (χ0v) is 11.9. The van der Waals surface area contributed by atoms with Crippen molar-refractivity contribution in [3.05, 3.63) is 35.1 Å². The first-order valence-corrected chi connectivity index (χ1v) is 6.68. The van der Waals surface area contributed by atoms with E-state index in [1.807, 2.05) is 13.0 Å². The molecule has 0 aliphatic rings. The summed E-state index contributed by atoms with van der Waals surface area (Å²) in [5.41, 5.74) is 2.16. The third-order valence-corrected chi connectivity index (χ3v) is 2.95. The smallest absolute Gasteiger partial charge is 0.123 e. The Bertz CT molecular complexity index is 364. The van der Waals surface area contributed by atoms with Gasteiger partial charge in [-0.15, -0.1) is 0 Å². The van der Waals surface area contributed by atoms with E-state index in [1.165, 1.54) is 6.07 Å². The molecule has 2 nitrogen and oxygen atoms in total. The molecule has 0 aliphatic carbocycles. The number of halogens is 1. The Morgan fingerprint density at radius 1 is 1.17 bits per heavy atom. The number of aryl methyl sites for hydroxylation is 1. The van der Waals surface area contributed by atoms with Gasteiger partial charge in [0, 0.05) is 19.1 Å². The van der Waals surface area contributed by atoms with Crippen molar-refractivity contribution in [3.8, 4) is 0 Å². The summed E-state index contributed by atoms with van der Waals surface area (Å²) in [6.07, 6.45) is 0. The standard InChI is InChI=1S/C15H25FN2/c1-11(2)8-17-9-13(4)18-10-14-5-6-15(16)7-12(14)3/h5-7,11,13,17-18H,8-10H2,1-4H3. The molecule has 0 aliphatic heterocycles.